The van der Waals surface area contributed by atoms with Gasteiger partial charge in [0.25, 0.3) is 0 Å². The van der Waals surface area contributed by atoms with E-state index < -0.39 is 10.0 Å². The number of thiophene rings is 1. The molecule has 6 heteroatoms. The van der Waals surface area contributed by atoms with E-state index in [9.17, 15) is 8.42 Å². The second-order valence-electron chi connectivity index (χ2n) is 5.02. The lowest BCUT2D eigenvalue weighted by molar-refractivity contribution is 0.466. The Kier molecular flexibility index (Phi) is 5.16. The van der Waals surface area contributed by atoms with Crippen molar-refractivity contribution in [2.75, 3.05) is 14.1 Å². The molecular formula is C15H20N2O2S2. The van der Waals surface area contributed by atoms with Crippen LogP contribution in [0.1, 0.15) is 16.7 Å². The summed E-state index contributed by atoms with van der Waals surface area (Å²) >= 11 is 1.57. The number of hydrogen-bond acceptors (Lipinski definition) is 4. The standard InChI is InChI=1S/C15H20N2O2S2/c1-12-4-5-13(9-16-2)8-15(12)21(18,19)17(3)10-14-6-7-20-11-14/h4-8,11,16H,9-10H2,1-3H3. The van der Waals surface area contributed by atoms with Gasteiger partial charge in [-0.05, 0) is 53.6 Å². The Hall–Kier alpha value is -1.21. The molecule has 0 saturated heterocycles. The van der Waals surface area contributed by atoms with E-state index in [4.69, 9.17) is 0 Å². The van der Waals surface area contributed by atoms with Crippen LogP contribution in [0.15, 0.2) is 39.9 Å². The summed E-state index contributed by atoms with van der Waals surface area (Å²) in [5, 5.41) is 6.96. The van der Waals surface area contributed by atoms with Crippen molar-refractivity contribution in [3.63, 3.8) is 0 Å². The molecule has 0 saturated carbocycles. The molecular weight excluding hydrogens is 304 g/mol. The van der Waals surface area contributed by atoms with Gasteiger partial charge in [0.2, 0.25) is 10.0 Å². The number of hydrogen-bond donors (Lipinski definition) is 1. The first kappa shape index (κ1) is 16.2. The molecule has 21 heavy (non-hydrogen) atoms. The number of nitrogens with one attached hydrogen (secondary N) is 1. The predicted molar refractivity (Wildman–Crippen MR) is 86.9 cm³/mol. The van der Waals surface area contributed by atoms with E-state index in [0.29, 0.717) is 18.0 Å². The summed E-state index contributed by atoms with van der Waals surface area (Å²) in [5.41, 5.74) is 2.74. The second-order valence-corrected chi connectivity index (χ2v) is 7.82. The van der Waals surface area contributed by atoms with E-state index in [2.05, 4.69) is 5.32 Å². The number of aryl methyl sites for hydroxylation is 1. The first-order chi connectivity index (χ1) is 9.95. The van der Waals surface area contributed by atoms with Gasteiger partial charge in [-0.25, -0.2) is 8.42 Å². The smallest absolute Gasteiger partial charge is 0.243 e. The van der Waals surface area contributed by atoms with E-state index in [0.717, 1.165) is 16.7 Å². The van der Waals surface area contributed by atoms with Gasteiger partial charge in [-0.2, -0.15) is 15.6 Å². The molecule has 2 rings (SSSR count). The molecule has 1 heterocycles. The van der Waals surface area contributed by atoms with Crippen LogP contribution in [0.4, 0.5) is 0 Å². The maximum Gasteiger partial charge on any atom is 0.243 e. The van der Waals surface area contributed by atoms with Gasteiger partial charge in [-0.1, -0.05) is 12.1 Å². The Labute approximate surface area is 130 Å². The molecule has 0 fully saturated rings. The van der Waals surface area contributed by atoms with Crippen molar-refractivity contribution < 1.29 is 8.42 Å². The van der Waals surface area contributed by atoms with Crippen LogP contribution in [0, 0.1) is 6.92 Å². The molecule has 2 aromatic rings. The van der Waals surface area contributed by atoms with E-state index in [1.807, 2.05) is 42.9 Å². The molecule has 4 nitrogen and oxygen atoms in total. The highest BCUT2D eigenvalue weighted by Gasteiger charge is 2.23. The third kappa shape index (κ3) is 3.71. The van der Waals surface area contributed by atoms with Gasteiger partial charge in [-0.15, -0.1) is 0 Å². The van der Waals surface area contributed by atoms with Crippen LogP contribution >= 0.6 is 11.3 Å². The van der Waals surface area contributed by atoms with Crippen molar-refractivity contribution in [2.24, 2.45) is 0 Å². The first-order valence-corrected chi connectivity index (χ1v) is 9.05. The number of nitrogens with zero attached hydrogens (tertiary/aromatic N) is 1. The largest absolute Gasteiger partial charge is 0.316 e. The minimum absolute atomic E-state index is 0.382. The normalized spacial score (nSPS) is 12.0. The van der Waals surface area contributed by atoms with E-state index in [1.54, 1.807) is 24.5 Å². The summed E-state index contributed by atoms with van der Waals surface area (Å²) in [4.78, 5) is 0.382. The molecule has 114 valence electrons. The number of benzene rings is 1. The quantitative estimate of drug-likeness (QED) is 0.888. The molecule has 0 atom stereocenters. The second kappa shape index (κ2) is 6.70. The summed E-state index contributed by atoms with van der Waals surface area (Å²) in [7, 11) is -0.0102. The molecule has 0 spiro atoms. The first-order valence-electron chi connectivity index (χ1n) is 6.66. The summed E-state index contributed by atoms with van der Waals surface area (Å²) < 4.78 is 26.9. The zero-order chi connectivity index (χ0) is 15.5. The summed E-state index contributed by atoms with van der Waals surface area (Å²) in [6, 6.07) is 7.51. The van der Waals surface area contributed by atoms with Crippen molar-refractivity contribution >= 4 is 21.4 Å². The van der Waals surface area contributed by atoms with Crippen LogP contribution in [0.3, 0.4) is 0 Å². The summed E-state index contributed by atoms with van der Waals surface area (Å²) in [6.45, 7) is 2.87. The van der Waals surface area contributed by atoms with Gasteiger partial charge < -0.3 is 5.32 Å². The van der Waals surface area contributed by atoms with E-state index in [1.165, 1.54) is 4.31 Å². The van der Waals surface area contributed by atoms with Crippen molar-refractivity contribution in [2.45, 2.75) is 24.9 Å². The van der Waals surface area contributed by atoms with Crippen LogP contribution < -0.4 is 5.32 Å². The van der Waals surface area contributed by atoms with Crippen molar-refractivity contribution in [3.8, 4) is 0 Å². The lowest BCUT2D eigenvalue weighted by Gasteiger charge is -2.18. The van der Waals surface area contributed by atoms with Crippen LogP contribution in [0.5, 0.6) is 0 Å². The molecule has 0 aliphatic heterocycles. The molecule has 0 bridgehead atoms. The predicted octanol–water partition coefficient (Wildman–Crippen LogP) is 2.60. The van der Waals surface area contributed by atoms with Gasteiger partial charge in [0, 0.05) is 20.1 Å². The SMILES string of the molecule is CNCc1ccc(C)c(S(=O)(=O)N(C)Cc2ccsc2)c1. The number of rotatable bonds is 6. The van der Waals surface area contributed by atoms with Crippen LogP contribution in [-0.4, -0.2) is 26.8 Å². The Morgan fingerprint density at radius 1 is 1.24 bits per heavy atom. The van der Waals surface area contributed by atoms with Crippen LogP contribution in [0.2, 0.25) is 0 Å². The van der Waals surface area contributed by atoms with Crippen molar-refractivity contribution in [3.05, 3.63) is 51.7 Å². The monoisotopic (exact) mass is 324 g/mol. The van der Waals surface area contributed by atoms with Gasteiger partial charge in [0.1, 0.15) is 0 Å². The zero-order valence-electron chi connectivity index (χ0n) is 12.5. The fourth-order valence-corrected chi connectivity index (χ4v) is 4.22. The minimum Gasteiger partial charge on any atom is -0.316 e. The zero-order valence-corrected chi connectivity index (χ0v) is 14.1. The van der Waals surface area contributed by atoms with Crippen molar-refractivity contribution in [1.29, 1.82) is 0 Å². The Morgan fingerprint density at radius 3 is 2.62 bits per heavy atom. The molecule has 0 unspecified atom stereocenters. The Balaban J connectivity index is 2.31. The minimum atomic E-state index is -3.48. The highest BCUT2D eigenvalue weighted by atomic mass is 32.2. The highest BCUT2D eigenvalue weighted by Crippen LogP contribution is 2.22. The fourth-order valence-electron chi connectivity index (χ4n) is 2.13. The molecule has 0 amide bonds. The maximum atomic E-state index is 12.7. The van der Waals surface area contributed by atoms with E-state index in [-0.39, 0.29) is 0 Å². The lowest BCUT2D eigenvalue weighted by Crippen LogP contribution is -2.27. The van der Waals surface area contributed by atoms with Gasteiger partial charge >= 0.3 is 0 Å². The average Bonchev–Trinajstić information content (AvgIpc) is 2.94. The molecule has 0 aliphatic rings. The van der Waals surface area contributed by atoms with Crippen molar-refractivity contribution in [1.82, 2.24) is 9.62 Å². The molecule has 0 radical (unpaired) electrons. The number of sulfonamides is 1. The molecule has 1 aromatic carbocycles. The maximum absolute atomic E-state index is 12.7. The molecule has 0 aliphatic carbocycles. The van der Waals surface area contributed by atoms with Gasteiger partial charge in [-0.3, -0.25) is 0 Å². The van der Waals surface area contributed by atoms with Gasteiger partial charge in [0.05, 0.1) is 4.90 Å². The molecule has 1 N–H and O–H groups in total. The topological polar surface area (TPSA) is 49.4 Å². The van der Waals surface area contributed by atoms with Gasteiger partial charge in [0.15, 0.2) is 0 Å². The Morgan fingerprint density at radius 2 is 2.00 bits per heavy atom. The molecule has 1 aromatic heterocycles. The lowest BCUT2D eigenvalue weighted by atomic mass is 10.1. The fraction of sp³-hybridized carbons (Fsp3) is 0.333. The van der Waals surface area contributed by atoms with Crippen LogP contribution in [0.25, 0.3) is 0 Å². The summed E-state index contributed by atoms with van der Waals surface area (Å²) in [6.07, 6.45) is 0. The van der Waals surface area contributed by atoms with Crippen LogP contribution in [-0.2, 0) is 23.1 Å². The third-order valence-electron chi connectivity index (χ3n) is 3.31. The Bertz CT molecular complexity index is 694. The third-order valence-corrected chi connectivity index (χ3v) is 5.98. The highest BCUT2D eigenvalue weighted by molar-refractivity contribution is 7.89. The average molecular weight is 324 g/mol. The summed E-state index contributed by atoms with van der Waals surface area (Å²) in [5.74, 6) is 0. The van der Waals surface area contributed by atoms with E-state index >= 15 is 0 Å².